The monoisotopic (exact) mass is 467 g/mol. The zero-order valence-electron chi connectivity index (χ0n) is 19.1. The standard InChI is InChI=1S/C24H26ClN5OS/c1-12-13(2)32-21-18(12)19(15-7-9-16(25)10-8-15)26-24(22-29-28-14(3)30(21)22)11-17(24)20(31)27-23(4,5)6/h7-10,17H,11H2,1-6H3,(H,27,31). The number of halogens is 1. The highest BCUT2D eigenvalue weighted by Gasteiger charge is 2.64. The molecule has 0 radical (unpaired) electrons. The van der Waals surface area contributed by atoms with Crippen molar-refractivity contribution < 1.29 is 4.79 Å². The number of hydrogen-bond donors (Lipinski definition) is 1. The lowest BCUT2D eigenvalue weighted by Gasteiger charge is -2.21. The fourth-order valence-corrected chi connectivity index (χ4v) is 5.78. The van der Waals surface area contributed by atoms with Crippen molar-refractivity contribution in [1.82, 2.24) is 20.1 Å². The summed E-state index contributed by atoms with van der Waals surface area (Å²) in [6.07, 6.45) is 0.608. The van der Waals surface area contributed by atoms with E-state index in [1.54, 1.807) is 11.3 Å². The van der Waals surface area contributed by atoms with Gasteiger partial charge in [-0.05, 0) is 65.7 Å². The topological polar surface area (TPSA) is 72.2 Å². The maximum Gasteiger partial charge on any atom is 0.226 e. The van der Waals surface area contributed by atoms with E-state index in [0.717, 1.165) is 33.5 Å². The van der Waals surface area contributed by atoms with Crippen molar-refractivity contribution in [2.45, 2.75) is 59.0 Å². The van der Waals surface area contributed by atoms with Crippen LogP contribution in [0.1, 0.15) is 60.4 Å². The summed E-state index contributed by atoms with van der Waals surface area (Å²) < 4.78 is 2.11. The number of nitrogens with zero attached hydrogens (tertiary/aromatic N) is 4. The first kappa shape index (κ1) is 21.3. The van der Waals surface area contributed by atoms with Crippen LogP contribution in [0.2, 0.25) is 5.02 Å². The Morgan fingerprint density at radius 2 is 1.88 bits per heavy atom. The van der Waals surface area contributed by atoms with E-state index in [-0.39, 0.29) is 17.4 Å². The van der Waals surface area contributed by atoms with Crippen LogP contribution in [0.15, 0.2) is 29.3 Å². The molecule has 2 atom stereocenters. The molecule has 2 aliphatic rings. The molecule has 1 saturated carbocycles. The first-order valence-electron chi connectivity index (χ1n) is 10.7. The van der Waals surface area contributed by atoms with E-state index in [4.69, 9.17) is 16.6 Å². The lowest BCUT2D eigenvalue weighted by Crippen LogP contribution is -2.42. The summed E-state index contributed by atoms with van der Waals surface area (Å²) in [5, 5.41) is 13.8. The van der Waals surface area contributed by atoms with E-state index in [9.17, 15) is 4.79 Å². The molecule has 32 heavy (non-hydrogen) atoms. The zero-order chi connectivity index (χ0) is 23.0. The van der Waals surface area contributed by atoms with Crippen molar-refractivity contribution in [1.29, 1.82) is 0 Å². The second-order valence-corrected chi connectivity index (χ2v) is 11.4. The molecule has 166 valence electrons. The number of benzene rings is 1. The number of hydrogen-bond acceptors (Lipinski definition) is 5. The SMILES string of the molecule is Cc1sc2c(c1C)C(c1ccc(Cl)cc1)=NC1(CC1C(=O)NC(C)(C)C)c1nnc(C)n1-2. The number of fused-ring (bicyclic) bond motifs is 4. The van der Waals surface area contributed by atoms with Gasteiger partial charge < -0.3 is 5.32 Å². The van der Waals surface area contributed by atoms with Crippen LogP contribution >= 0.6 is 22.9 Å². The minimum absolute atomic E-state index is 0.00191. The van der Waals surface area contributed by atoms with E-state index in [1.165, 1.54) is 10.4 Å². The summed E-state index contributed by atoms with van der Waals surface area (Å²) in [6, 6.07) is 7.76. The summed E-state index contributed by atoms with van der Waals surface area (Å²) in [4.78, 5) is 19.7. The Labute approximate surface area is 196 Å². The molecule has 1 aromatic carbocycles. The van der Waals surface area contributed by atoms with Gasteiger partial charge in [0.15, 0.2) is 5.82 Å². The number of amides is 1. The summed E-state index contributed by atoms with van der Waals surface area (Å²) >= 11 is 7.89. The van der Waals surface area contributed by atoms with Gasteiger partial charge >= 0.3 is 0 Å². The summed E-state index contributed by atoms with van der Waals surface area (Å²) in [7, 11) is 0. The van der Waals surface area contributed by atoms with Crippen LogP contribution in [0.3, 0.4) is 0 Å². The highest BCUT2D eigenvalue weighted by atomic mass is 35.5. The van der Waals surface area contributed by atoms with E-state index >= 15 is 0 Å². The first-order chi connectivity index (χ1) is 15.0. The number of carbonyl (C=O) groups is 1. The predicted octanol–water partition coefficient (Wildman–Crippen LogP) is 4.89. The van der Waals surface area contributed by atoms with Gasteiger partial charge in [0.1, 0.15) is 16.4 Å². The molecule has 1 spiro atoms. The average Bonchev–Trinajstić information content (AvgIpc) is 3.23. The number of rotatable bonds is 2. The van der Waals surface area contributed by atoms with Gasteiger partial charge in [0, 0.05) is 26.6 Å². The smallest absolute Gasteiger partial charge is 0.226 e. The lowest BCUT2D eigenvalue weighted by atomic mass is 9.99. The molecule has 5 rings (SSSR count). The molecule has 1 aliphatic heterocycles. The molecule has 3 heterocycles. The quantitative estimate of drug-likeness (QED) is 0.583. The fourth-order valence-electron chi connectivity index (χ4n) is 4.44. The van der Waals surface area contributed by atoms with Crippen LogP contribution in [0, 0.1) is 26.7 Å². The molecule has 1 fully saturated rings. The fraction of sp³-hybridized carbons (Fsp3) is 0.417. The first-order valence-corrected chi connectivity index (χ1v) is 11.9. The lowest BCUT2D eigenvalue weighted by molar-refractivity contribution is -0.124. The molecule has 3 aromatic rings. The Morgan fingerprint density at radius 3 is 2.53 bits per heavy atom. The number of aryl methyl sites for hydroxylation is 2. The van der Waals surface area contributed by atoms with Crippen molar-refractivity contribution in [3.8, 4) is 5.00 Å². The van der Waals surface area contributed by atoms with Crippen LogP contribution in [0.25, 0.3) is 5.00 Å². The third kappa shape index (κ3) is 3.21. The average molecular weight is 468 g/mol. The Kier molecular flexibility index (Phi) is 4.66. The van der Waals surface area contributed by atoms with Crippen LogP contribution in [0.4, 0.5) is 0 Å². The van der Waals surface area contributed by atoms with Crippen molar-refractivity contribution in [2.75, 3.05) is 0 Å². The molecule has 1 aliphatic carbocycles. The summed E-state index contributed by atoms with van der Waals surface area (Å²) in [5.74, 6) is 1.26. The van der Waals surface area contributed by atoms with Crippen LogP contribution in [-0.2, 0) is 10.3 Å². The number of nitrogens with one attached hydrogen (secondary N) is 1. The number of thiophene rings is 1. The summed E-state index contributed by atoms with van der Waals surface area (Å²) in [5.41, 5.74) is 3.09. The van der Waals surface area contributed by atoms with Gasteiger partial charge in [-0.2, -0.15) is 0 Å². The Bertz CT molecular complexity index is 1280. The second kappa shape index (κ2) is 6.99. The Morgan fingerprint density at radius 1 is 1.19 bits per heavy atom. The Hall–Kier alpha value is -2.51. The maximum atomic E-state index is 13.2. The molecular formula is C24H26ClN5OS. The minimum Gasteiger partial charge on any atom is -0.351 e. The van der Waals surface area contributed by atoms with Crippen molar-refractivity contribution in [2.24, 2.45) is 10.9 Å². The second-order valence-electron chi connectivity index (χ2n) is 9.76. The zero-order valence-corrected chi connectivity index (χ0v) is 20.6. The minimum atomic E-state index is -0.732. The maximum absolute atomic E-state index is 13.2. The van der Waals surface area contributed by atoms with Crippen molar-refractivity contribution in [3.05, 3.63) is 62.5 Å². The third-order valence-corrected chi connectivity index (χ3v) is 7.64. The molecular weight excluding hydrogens is 442 g/mol. The van der Waals surface area contributed by atoms with E-state index in [0.29, 0.717) is 11.4 Å². The van der Waals surface area contributed by atoms with Crippen molar-refractivity contribution in [3.63, 3.8) is 0 Å². The molecule has 2 aromatic heterocycles. The van der Waals surface area contributed by atoms with Gasteiger partial charge in [0.2, 0.25) is 5.91 Å². The van der Waals surface area contributed by atoms with Gasteiger partial charge in [-0.25, -0.2) is 0 Å². The van der Waals surface area contributed by atoms with Crippen LogP contribution < -0.4 is 5.32 Å². The number of carbonyl (C=O) groups excluding carboxylic acids is 1. The summed E-state index contributed by atoms with van der Waals surface area (Å²) in [6.45, 7) is 12.2. The Balaban J connectivity index is 1.75. The molecule has 2 unspecified atom stereocenters. The number of aromatic nitrogens is 3. The van der Waals surface area contributed by atoms with Gasteiger partial charge in [-0.1, -0.05) is 23.7 Å². The highest BCUT2D eigenvalue weighted by Crippen LogP contribution is 2.58. The van der Waals surface area contributed by atoms with Gasteiger partial charge in [0.25, 0.3) is 0 Å². The van der Waals surface area contributed by atoms with E-state index in [1.807, 2.05) is 52.0 Å². The third-order valence-electron chi connectivity index (χ3n) is 6.19. The molecule has 1 N–H and O–H groups in total. The van der Waals surface area contributed by atoms with E-state index in [2.05, 4.69) is 33.9 Å². The predicted molar refractivity (Wildman–Crippen MR) is 128 cm³/mol. The van der Waals surface area contributed by atoms with Gasteiger partial charge in [-0.3, -0.25) is 14.4 Å². The molecule has 1 amide bonds. The van der Waals surface area contributed by atoms with E-state index < -0.39 is 5.54 Å². The highest BCUT2D eigenvalue weighted by molar-refractivity contribution is 7.15. The van der Waals surface area contributed by atoms with Crippen LogP contribution in [0.5, 0.6) is 0 Å². The van der Waals surface area contributed by atoms with Crippen LogP contribution in [-0.4, -0.2) is 31.9 Å². The van der Waals surface area contributed by atoms with Crippen molar-refractivity contribution >= 4 is 34.6 Å². The molecule has 8 heteroatoms. The van der Waals surface area contributed by atoms with Gasteiger partial charge in [-0.15, -0.1) is 21.5 Å². The largest absolute Gasteiger partial charge is 0.351 e. The molecule has 0 bridgehead atoms. The number of aliphatic imine (C=N–C) groups is 1. The molecule has 0 saturated heterocycles. The van der Waals surface area contributed by atoms with Gasteiger partial charge in [0.05, 0.1) is 11.6 Å². The molecule has 6 nitrogen and oxygen atoms in total. The normalized spacial score (nSPS) is 21.6.